The van der Waals surface area contributed by atoms with Crippen molar-refractivity contribution in [3.05, 3.63) is 24.3 Å². The van der Waals surface area contributed by atoms with Crippen molar-refractivity contribution in [3.8, 4) is 0 Å². The lowest BCUT2D eigenvalue weighted by molar-refractivity contribution is 0.0405. The van der Waals surface area contributed by atoms with E-state index in [1.54, 1.807) is 0 Å². The first kappa shape index (κ1) is 21.4. The summed E-state index contributed by atoms with van der Waals surface area (Å²) in [7, 11) is 0. The van der Waals surface area contributed by atoms with E-state index in [-0.39, 0.29) is 0 Å². The van der Waals surface area contributed by atoms with Crippen molar-refractivity contribution in [1.29, 1.82) is 0 Å². The van der Waals surface area contributed by atoms with Gasteiger partial charge in [-0.3, -0.25) is 0 Å². The fraction of sp³-hybridized carbons (Fsp3) is 0.818. The van der Waals surface area contributed by atoms with Crippen LogP contribution >= 0.6 is 0 Å². The normalized spacial score (nSPS) is 18.3. The van der Waals surface area contributed by atoms with E-state index in [2.05, 4.69) is 31.2 Å². The van der Waals surface area contributed by atoms with E-state index < -0.39 is 0 Å². The van der Waals surface area contributed by atoms with Gasteiger partial charge in [-0.1, -0.05) is 69.8 Å². The molecule has 0 amide bonds. The highest BCUT2D eigenvalue weighted by atomic mass is 16.5. The zero-order valence-electron chi connectivity index (χ0n) is 16.0. The van der Waals surface area contributed by atoms with Crippen LogP contribution in [0.4, 0.5) is 0 Å². The summed E-state index contributed by atoms with van der Waals surface area (Å²) in [6, 6.07) is 0. The molecule has 24 heavy (non-hydrogen) atoms. The summed E-state index contributed by atoms with van der Waals surface area (Å²) in [5.41, 5.74) is 0. The molecule has 0 radical (unpaired) electrons. The quantitative estimate of drug-likeness (QED) is 0.233. The van der Waals surface area contributed by atoms with Gasteiger partial charge in [0.2, 0.25) is 0 Å². The second-order valence-electron chi connectivity index (χ2n) is 6.94. The second-order valence-corrected chi connectivity index (χ2v) is 6.94. The lowest BCUT2D eigenvalue weighted by Crippen LogP contribution is -2.12. The Labute approximate surface area is 150 Å². The molecule has 2 heteroatoms. The molecule has 0 aromatic heterocycles. The minimum absolute atomic E-state index is 0.378. The van der Waals surface area contributed by atoms with Crippen LogP contribution in [0.2, 0.25) is 0 Å². The Bertz CT molecular complexity index is 303. The molecule has 1 aliphatic rings. The Hall–Kier alpha value is -0.600. The zero-order valence-corrected chi connectivity index (χ0v) is 16.0. The topological polar surface area (TPSA) is 18.5 Å². The Morgan fingerprint density at radius 3 is 2.17 bits per heavy atom. The van der Waals surface area contributed by atoms with E-state index in [0.29, 0.717) is 6.10 Å². The van der Waals surface area contributed by atoms with Crippen LogP contribution in [0.1, 0.15) is 90.4 Å². The van der Waals surface area contributed by atoms with Crippen LogP contribution in [-0.2, 0) is 9.47 Å². The van der Waals surface area contributed by atoms with Crippen LogP contribution in [0.25, 0.3) is 0 Å². The summed E-state index contributed by atoms with van der Waals surface area (Å²) in [4.78, 5) is 0. The van der Waals surface area contributed by atoms with Crippen LogP contribution in [0, 0.1) is 0 Å². The zero-order chi connectivity index (χ0) is 17.1. The van der Waals surface area contributed by atoms with Gasteiger partial charge in [0, 0.05) is 13.2 Å². The third-order valence-electron chi connectivity index (χ3n) is 4.59. The Morgan fingerprint density at radius 2 is 1.50 bits per heavy atom. The highest BCUT2D eigenvalue weighted by Gasteiger charge is 2.14. The predicted octanol–water partition coefficient (Wildman–Crippen LogP) is 6.61. The molecular weight excluding hydrogens is 296 g/mol. The van der Waals surface area contributed by atoms with Crippen LogP contribution in [0.3, 0.4) is 0 Å². The average molecular weight is 337 g/mol. The fourth-order valence-corrected chi connectivity index (χ4v) is 2.98. The summed E-state index contributed by atoms with van der Waals surface area (Å²) in [5, 5.41) is 0. The predicted molar refractivity (Wildman–Crippen MR) is 105 cm³/mol. The van der Waals surface area contributed by atoms with Crippen molar-refractivity contribution in [2.75, 3.05) is 19.8 Å². The van der Waals surface area contributed by atoms with Gasteiger partial charge in [-0.05, 0) is 44.9 Å². The summed E-state index contributed by atoms with van der Waals surface area (Å²) < 4.78 is 11.1. The largest absolute Gasteiger partial charge is 0.379 e. The van der Waals surface area contributed by atoms with Gasteiger partial charge < -0.3 is 9.47 Å². The molecule has 0 bridgehead atoms. The molecule has 0 spiro atoms. The van der Waals surface area contributed by atoms with E-state index in [4.69, 9.17) is 9.47 Å². The number of hydrogen-bond acceptors (Lipinski definition) is 2. The minimum Gasteiger partial charge on any atom is -0.379 e. The fourth-order valence-electron chi connectivity index (χ4n) is 2.98. The molecule has 0 aromatic carbocycles. The van der Waals surface area contributed by atoms with Crippen molar-refractivity contribution in [1.82, 2.24) is 0 Å². The monoisotopic (exact) mass is 336 g/mol. The number of ether oxygens (including phenoxy) is 2. The first-order valence-corrected chi connectivity index (χ1v) is 10.4. The van der Waals surface area contributed by atoms with Gasteiger partial charge >= 0.3 is 0 Å². The number of hydrogen-bond donors (Lipinski definition) is 0. The SMILES string of the molecule is CCCCC/C=C\C/C=C\CCCCCCCCO[C@@H]1CCOC1. The molecule has 1 fully saturated rings. The Balaban J connectivity index is 1.73. The first-order valence-electron chi connectivity index (χ1n) is 10.4. The van der Waals surface area contributed by atoms with Gasteiger partial charge in [-0.25, -0.2) is 0 Å². The van der Waals surface area contributed by atoms with E-state index in [1.165, 1.54) is 70.6 Å². The van der Waals surface area contributed by atoms with Gasteiger partial charge in [0.25, 0.3) is 0 Å². The number of allylic oxidation sites excluding steroid dienone is 4. The van der Waals surface area contributed by atoms with Crippen LogP contribution < -0.4 is 0 Å². The summed E-state index contributed by atoms with van der Waals surface area (Å²) in [6.07, 6.45) is 26.4. The van der Waals surface area contributed by atoms with Gasteiger partial charge in [0.15, 0.2) is 0 Å². The Kier molecular flexibility index (Phi) is 15.4. The lowest BCUT2D eigenvalue weighted by atomic mass is 10.1. The third-order valence-corrected chi connectivity index (χ3v) is 4.59. The molecule has 140 valence electrons. The van der Waals surface area contributed by atoms with Gasteiger partial charge in [-0.2, -0.15) is 0 Å². The molecule has 1 aliphatic heterocycles. The van der Waals surface area contributed by atoms with Crippen molar-refractivity contribution >= 4 is 0 Å². The molecule has 0 aliphatic carbocycles. The maximum atomic E-state index is 5.78. The number of rotatable bonds is 16. The average Bonchev–Trinajstić information content (AvgIpc) is 3.11. The molecule has 1 atom stereocenters. The maximum Gasteiger partial charge on any atom is 0.0830 e. The van der Waals surface area contributed by atoms with Crippen molar-refractivity contribution in [3.63, 3.8) is 0 Å². The third kappa shape index (κ3) is 13.8. The first-order chi connectivity index (χ1) is 11.9. The Morgan fingerprint density at radius 1 is 0.833 bits per heavy atom. The molecule has 1 rings (SSSR count). The van der Waals surface area contributed by atoms with Crippen LogP contribution in [0.5, 0.6) is 0 Å². The summed E-state index contributed by atoms with van der Waals surface area (Å²) in [5.74, 6) is 0. The van der Waals surface area contributed by atoms with Crippen molar-refractivity contribution < 1.29 is 9.47 Å². The van der Waals surface area contributed by atoms with Crippen molar-refractivity contribution in [2.45, 2.75) is 96.5 Å². The van der Waals surface area contributed by atoms with E-state index in [1.807, 2.05) is 0 Å². The van der Waals surface area contributed by atoms with Gasteiger partial charge in [0.05, 0.1) is 12.7 Å². The molecule has 0 N–H and O–H groups in total. The highest BCUT2D eigenvalue weighted by molar-refractivity contribution is 4.92. The standard InChI is InChI=1S/C22H40O2/c1-2-3-4-5-6-7-8-9-10-11-12-13-14-15-16-17-19-24-22-18-20-23-21-22/h6-7,9-10,22H,2-5,8,11-21H2,1H3/b7-6-,10-9-/t22-/m1/s1. The molecule has 0 saturated carbocycles. The molecule has 0 aromatic rings. The van der Waals surface area contributed by atoms with E-state index >= 15 is 0 Å². The molecule has 0 unspecified atom stereocenters. The number of unbranched alkanes of at least 4 members (excludes halogenated alkanes) is 9. The summed E-state index contributed by atoms with van der Waals surface area (Å²) >= 11 is 0. The maximum absolute atomic E-state index is 5.78. The lowest BCUT2D eigenvalue weighted by Gasteiger charge is -2.09. The van der Waals surface area contributed by atoms with Crippen LogP contribution in [-0.4, -0.2) is 25.9 Å². The van der Waals surface area contributed by atoms with E-state index in [9.17, 15) is 0 Å². The smallest absolute Gasteiger partial charge is 0.0830 e. The highest BCUT2D eigenvalue weighted by Crippen LogP contribution is 2.11. The van der Waals surface area contributed by atoms with E-state index in [0.717, 1.165) is 32.7 Å². The summed E-state index contributed by atoms with van der Waals surface area (Å²) in [6.45, 7) is 4.87. The molecule has 1 heterocycles. The van der Waals surface area contributed by atoms with Gasteiger partial charge in [-0.15, -0.1) is 0 Å². The molecular formula is C22H40O2. The second kappa shape index (κ2) is 17.2. The van der Waals surface area contributed by atoms with Crippen molar-refractivity contribution in [2.24, 2.45) is 0 Å². The minimum atomic E-state index is 0.378. The van der Waals surface area contributed by atoms with Gasteiger partial charge in [0.1, 0.15) is 0 Å². The van der Waals surface area contributed by atoms with Crippen LogP contribution in [0.15, 0.2) is 24.3 Å². The molecule has 2 nitrogen and oxygen atoms in total. The molecule has 1 saturated heterocycles.